The average Bonchev–Trinajstić information content (AvgIpc) is 2.88. The van der Waals surface area contributed by atoms with E-state index in [1.165, 1.54) is 0 Å². The number of carbonyl (C=O) groups is 2. The maximum absolute atomic E-state index is 10.2. The van der Waals surface area contributed by atoms with Crippen molar-refractivity contribution in [2.24, 2.45) is 22.2 Å². The van der Waals surface area contributed by atoms with Gasteiger partial charge >= 0.3 is 11.9 Å². The molecule has 1 aliphatic heterocycles. The molecule has 1 fully saturated rings. The largest absolute Gasteiger partial charge is 0.480 e. The van der Waals surface area contributed by atoms with Crippen LogP contribution in [0.2, 0.25) is 0 Å². The molecule has 0 bridgehead atoms. The van der Waals surface area contributed by atoms with Gasteiger partial charge in [-0.1, -0.05) is 0 Å². The third-order valence-electron chi connectivity index (χ3n) is 2.30. The van der Waals surface area contributed by atoms with Gasteiger partial charge in [-0.25, -0.2) is 0 Å². The van der Waals surface area contributed by atoms with Crippen LogP contribution in [0.5, 0.6) is 0 Å². The van der Waals surface area contributed by atoms with E-state index in [1.807, 2.05) is 0 Å². The van der Waals surface area contributed by atoms with Crippen LogP contribution in [0.4, 0.5) is 0 Å². The van der Waals surface area contributed by atoms with Crippen molar-refractivity contribution in [1.29, 1.82) is 0 Å². The van der Waals surface area contributed by atoms with Crippen LogP contribution in [0.15, 0.2) is 4.99 Å². The number of nitrogens with zero attached hydrogens (tertiary/aromatic N) is 1. The summed E-state index contributed by atoms with van der Waals surface area (Å²) in [6.45, 7) is 0.420. The standard InChI is InChI=1S/C6H14N4O2.C4H7NO2S/c7-4(5(11)12)2-1-3-10-6(8)9;6-4(7)3-1-8-2-5-3/h4H,1-3,7H2,(H,11,12)(H4,8,9,10);3,5H,1-2H2,(H,6,7)/t4-;3-/m01/s1. The summed E-state index contributed by atoms with van der Waals surface area (Å²) >= 11 is 1.62. The zero-order valence-electron chi connectivity index (χ0n) is 11.0. The first-order valence-electron chi connectivity index (χ1n) is 5.92. The van der Waals surface area contributed by atoms with Gasteiger partial charge in [0.05, 0.1) is 0 Å². The minimum atomic E-state index is -1.00. The number of thioether (sulfide) groups is 1. The Bertz CT molecular complexity index is 343. The highest BCUT2D eigenvalue weighted by Crippen LogP contribution is 2.08. The van der Waals surface area contributed by atoms with Gasteiger partial charge in [0.1, 0.15) is 12.1 Å². The summed E-state index contributed by atoms with van der Waals surface area (Å²) < 4.78 is 0. The summed E-state index contributed by atoms with van der Waals surface area (Å²) in [7, 11) is 0. The van der Waals surface area contributed by atoms with Crippen LogP contribution in [0.1, 0.15) is 12.8 Å². The van der Waals surface area contributed by atoms with E-state index in [9.17, 15) is 9.59 Å². The first-order valence-corrected chi connectivity index (χ1v) is 7.07. The number of hydrogen-bond donors (Lipinski definition) is 6. The van der Waals surface area contributed by atoms with Crippen LogP contribution in [0.3, 0.4) is 0 Å². The van der Waals surface area contributed by atoms with Gasteiger partial charge in [-0.2, -0.15) is 0 Å². The van der Waals surface area contributed by atoms with Gasteiger partial charge in [0.25, 0.3) is 0 Å². The Morgan fingerprint density at radius 3 is 2.40 bits per heavy atom. The Kier molecular flexibility index (Phi) is 9.51. The topological polar surface area (TPSA) is 177 Å². The lowest BCUT2D eigenvalue weighted by Crippen LogP contribution is -2.32. The molecule has 1 aliphatic rings. The van der Waals surface area contributed by atoms with Gasteiger partial charge < -0.3 is 27.4 Å². The molecule has 0 amide bonds. The van der Waals surface area contributed by atoms with Crippen LogP contribution in [0, 0.1) is 0 Å². The van der Waals surface area contributed by atoms with E-state index in [1.54, 1.807) is 11.8 Å². The normalized spacial score (nSPS) is 18.6. The number of hydrogen-bond acceptors (Lipinski definition) is 6. The quantitative estimate of drug-likeness (QED) is 0.187. The molecular formula is C10H21N5O4S. The molecule has 0 aliphatic carbocycles. The summed E-state index contributed by atoms with van der Waals surface area (Å²) in [6, 6.07) is -1.13. The minimum absolute atomic E-state index is 0.0129. The molecule has 0 aromatic rings. The minimum Gasteiger partial charge on any atom is -0.480 e. The van der Waals surface area contributed by atoms with Gasteiger partial charge in [0.2, 0.25) is 0 Å². The molecule has 2 atom stereocenters. The zero-order valence-corrected chi connectivity index (χ0v) is 11.8. The highest BCUT2D eigenvalue weighted by Gasteiger charge is 2.20. The smallest absolute Gasteiger partial charge is 0.321 e. The molecule has 116 valence electrons. The van der Waals surface area contributed by atoms with Crippen LogP contribution in [-0.4, -0.2) is 58.4 Å². The summed E-state index contributed by atoms with van der Waals surface area (Å²) in [5.74, 6) is -0.250. The molecule has 0 aromatic carbocycles. The number of nitrogens with one attached hydrogen (secondary N) is 1. The fourth-order valence-electron chi connectivity index (χ4n) is 1.20. The van der Waals surface area contributed by atoms with E-state index >= 15 is 0 Å². The molecule has 9 nitrogen and oxygen atoms in total. The molecule has 0 spiro atoms. The zero-order chi connectivity index (χ0) is 15.5. The molecule has 10 heteroatoms. The van der Waals surface area contributed by atoms with E-state index < -0.39 is 18.0 Å². The molecule has 0 saturated carbocycles. The van der Waals surface area contributed by atoms with Crippen molar-refractivity contribution in [3.8, 4) is 0 Å². The lowest BCUT2D eigenvalue weighted by atomic mass is 10.2. The lowest BCUT2D eigenvalue weighted by Gasteiger charge is -2.03. The van der Waals surface area contributed by atoms with Gasteiger partial charge in [0.15, 0.2) is 5.96 Å². The molecular weight excluding hydrogens is 286 g/mol. The number of rotatable bonds is 6. The van der Waals surface area contributed by atoms with Gasteiger partial charge in [0, 0.05) is 18.2 Å². The molecule has 1 rings (SSSR count). The predicted octanol–water partition coefficient (Wildman–Crippen LogP) is -1.81. The first-order chi connectivity index (χ1) is 9.34. The number of aliphatic carboxylic acids is 2. The Hall–Kier alpha value is -1.52. The average molecular weight is 307 g/mol. The second kappa shape index (κ2) is 10.3. The number of guanidine groups is 1. The second-order valence-corrected chi connectivity index (χ2v) is 5.03. The van der Waals surface area contributed by atoms with E-state index in [-0.39, 0.29) is 12.0 Å². The van der Waals surface area contributed by atoms with Gasteiger partial charge in [-0.15, -0.1) is 11.8 Å². The number of aliphatic imine (C=N–C) groups is 1. The molecule has 1 saturated heterocycles. The summed E-state index contributed by atoms with van der Waals surface area (Å²) in [5, 5.41) is 19.5. The van der Waals surface area contributed by atoms with E-state index in [2.05, 4.69) is 10.3 Å². The second-order valence-electron chi connectivity index (χ2n) is 4.00. The Morgan fingerprint density at radius 1 is 1.40 bits per heavy atom. The Morgan fingerprint density at radius 2 is 2.05 bits per heavy atom. The number of carboxylic acid groups (broad SMARTS) is 2. The molecule has 0 aromatic heterocycles. The molecule has 9 N–H and O–H groups in total. The van der Waals surface area contributed by atoms with Crippen molar-refractivity contribution in [3.05, 3.63) is 0 Å². The van der Waals surface area contributed by atoms with E-state index in [4.69, 9.17) is 27.4 Å². The monoisotopic (exact) mass is 307 g/mol. The predicted molar refractivity (Wildman–Crippen MR) is 77.4 cm³/mol. The van der Waals surface area contributed by atoms with Gasteiger partial charge in [-0.3, -0.25) is 19.9 Å². The molecule has 0 radical (unpaired) electrons. The fourth-order valence-corrected chi connectivity index (χ4v) is 2.13. The van der Waals surface area contributed by atoms with Crippen LogP contribution >= 0.6 is 11.8 Å². The third-order valence-corrected chi connectivity index (χ3v) is 3.24. The van der Waals surface area contributed by atoms with Crippen molar-refractivity contribution in [2.75, 3.05) is 18.2 Å². The van der Waals surface area contributed by atoms with Gasteiger partial charge in [-0.05, 0) is 12.8 Å². The number of carboxylic acids is 2. The van der Waals surface area contributed by atoms with E-state index in [0.717, 1.165) is 5.88 Å². The summed E-state index contributed by atoms with van der Waals surface area (Å²) in [6.07, 6.45) is 0.956. The van der Waals surface area contributed by atoms with Crippen molar-refractivity contribution < 1.29 is 19.8 Å². The SMILES string of the molecule is NC(N)=NCCC[C@H](N)C(=O)O.O=C(O)[C@H]1CSCN1. The fraction of sp³-hybridized carbons (Fsp3) is 0.700. The third kappa shape index (κ3) is 9.42. The van der Waals surface area contributed by atoms with E-state index in [0.29, 0.717) is 25.1 Å². The van der Waals surface area contributed by atoms with Crippen molar-refractivity contribution in [3.63, 3.8) is 0 Å². The molecule has 1 heterocycles. The van der Waals surface area contributed by atoms with Crippen LogP contribution in [0.25, 0.3) is 0 Å². The van der Waals surface area contributed by atoms with Crippen molar-refractivity contribution in [2.45, 2.75) is 24.9 Å². The maximum Gasteiger partial charge on any atom is 0.321 e. The number of nitrogens with two attached hydrogens (primary N) is 3. The molecule has 20 heavy (non-hydrogen) atoms. The Labute approximate surface area is 121 Å². The summed E-state index contributed by atoms with van der Waals surface area (Å²) in [4.78, 5) is 24.0. The highest BCUT2D eigenvalue weighted by molar-refractivity contribution is 7.99. The van der Waals surface area contributed by atoms with Crippen LogP contribution in [-0.2, 0) is 9.59 Å². The molecule has 0 unspecified atom stereocenters. The first kappa shape index (κ1) is 18.5. The highest BCUT2D eigenvalue weighted by atomic mass is 32.2. The lowest BCUT2D eigenvalue weighted by molar-refractivity contribution is -0.139. The Balaban J connectivity index is 0.000000388. The maximum atomic E-state index is 10.2. The van der Waals surface area contributed by atoms with Crippen LogP contribution < -0.4 is 22.5 Å². The summed E-state index contributed by atoms with van der Waals surface area (Å²) in [5.41, 5.74) is 15.3. The van der Waals surface area contributed by atoms with Crippen molar-refractivity contribution >= 4 is 29.7 Å². The van der Waals surface area contributed by atoms with Crippen molar-refractivity contribution in [1.82, 2.24) is 5.32 Å².